The number of aromatic nitrogens is 1. The molecule has 0 atom stereocenters. The Morgan fingerprint density at radius 3 is 2.30 bits per heavy atom. The number of carbonyl (C=O) groups is 1. The largest absolute Gasteiger partial charge is 0.465 e. The smallest absolute Gasteiger partial charge is 0.340 e. The standard InChI is InChI=1S/C20H19NO2/c1-13(2)19-18(20(22)23-3)17(14-9-5-4-6-10-14)15-11-7-8-12-16(15)21-19/h4-13H,1-3H3. The maximum Gasteiger partial charge on any atom is 0.340 e. The van der Waals surface area contributed by atoms with Crippen molar-refractivity contribution in [3.05, 3.63) is 65.9 Å². The van der Waals surface area contributed by atoms with E-state index < -0.39 is 0 Å². The second kappa shape index (κ2) is 6.21. The summed E-state index contributed by atoms with van der Waals surface area (Å²) in [7, 11) is 1.41. The Morgan fingerprint density at radius 1 is 1.00 bits per heavy atom. The van der Waals surface area contributed by atoms with E-state index in [2.05, 4.69) is 0 Å². The lowest BCUT2D eigenvalue weighted by atomic mass is 9.91. The van der Waals surface area contributed by atoms with E-state index in [1.54, 1.807) is 0 Å². The molecular formula is C20H19NO2. The molecule has 3 aromatic rings. The van der Waals surface area contributed by atoms with Crippen LogP contribution in [0.1, 0.15) is 35.8 Å². The molecule has 0 radical (unpaired) electrons. The molecule has 116 valence electrons. The zero-order chi connectivity index (χ0) is 16.4. The van der Waals surface area contributed by atoms with Gasteiger partial charge in [-0.15, -0.1) is 0 Å². The quantitative estimate of drug-likeness (QED) is 0.652. The highest BCUT2D eigenvalue weighted by molar-refractivity contribution is 6.08. The molecule has 0 aliphatic heterocycles. The van der Waals surface area contributed by atoms with Crippen molar-refractivity contribution < 1.29 is 9.53 Å². The summed E-state index contributed by atoms with van der Waals surface area (Å²) >= 11 is 0. The molecule has 3 heteroatoms. The van der Waals surface area contributed by atoms with Crippen LogP contribution in [0.15, 0.2) is 54.6 Å². The highest BCUT2D eigenvalue weighted by atomic mass is 16.5. The van der Waals surface area contributed by atoms with Gasteiger partial charge in [-0.3, -0.25) is 4.98 Å². The van der Waals surface area contributed by atoms with Gasteiger partial charge in [0.2, 0.25) is 0 Å². The van der Waals surface area contributed by atoms with E-state index in [1.807, 2.05) is 68.4 Å². The molecule has 0 aliphatic carbocycles. The van der Waals surface area contributed by atoms with Gasteiger partial charge in [0.15, 0.2) is 0 Å². The highest BCUT2D eigenvalue weighted by Crippen LogP contribution is 2.35. The topological polar surface area (TPSA) is 39.2 Å². The van der Waals surface area contributed by atoms with Crippen molar-refractivity contribution in [2.75, 3.05) is 7.11 Å². The van der Waals surface area contributed by atoms with Gasteiger partial charge in [-0.1, -0.05) is 62.4 Å². The second-order valence-corrected chi connectivity index (χ2v) is 5.78. The molecule has 1 aromatic heterocycles. The first-order valence-corrected chi connectivity index (χ1v) is 7.70. The summed E-state index contributed by atoms with van der Waals surface area (Å²) in [6.45, 7) is 4.08. The van der Waals surface area contributed by atoms with Crippen molar-refractivity contribution in [1.29, 1.82) is 0 Å². The van der Waals surface area contributed by atoms with E-state index >= 15 is 0 Å². The number of hydrogen-bond donors (Lipinski definition) is 0. The van der Waals surface area contributed by atoms with Gasteiger partial charge >= 0.3 is 5.97 Å². The molecule has 23 heavy (non-hydrogen) atoms. The minimum Gasteiger partial charge on any atom is -0.465 e. The van der Waals surface area contributed by atoms with Crippen molar-refractivity contribution in [3.63, 3.8) is 0 Å². The number of fused-ring (bicyclic) bond motifs is 1. The van der Waals surface area contributed by atoms with Crippen LogP contribution in [0.3, 0.4) is 0 Å². The van der Waals surface area contributed by atoms with E-state index in [-0.39, 0.29) is 11.9 Å². The molecule has 1 heterocycles. The third kappa shape index (κ3) is 2.70. The molecule has 0 amide bonds. The summed E-state index contributed by atoms with van der Waals surface area (Å²) in [4.78, 5) is 17.2. The zero-order valence-electron chi connectivity index (χ0n) is 13.5. The van der Waals surface area contributed by atoms with Gasteiger partial charge in [-0.2, -0.15) is 0 Å². The lowest BCUT2D eigenvalue weighted by Gasteiger charge is -2.18. The number of nitrogens with zero attached hydrogens (tertiary/aromatic N) is 1. The van der Waals surface area contributed by atoms with Gasteiger partial charge < -0.3 is 4.74 Å². The van der Waals surface area contributed by atoms with Crippen LogP contribution in [0.25, 0.3) is 22.0 Å². The summed E-state index contributed by atoms with van der Waals surface area (Å²) in [5.41, 5.74) is 4.12. The van der Waals surface area contributed by atoms with Crippen LogP contribution in [0, 0.1) is 0 Å². The number of para-hydroxylation sites is 1. The predicted octanol–water partition coefficient (Wildman–Crippen LogP) is 4.81. The molecule has 2 aromatic carbocycles. The normalized spacial score (nSPS) is 11.0. The predicted molar refractivity (Wildman–Crippen MR) is 92.6 cm³/mol. The first-order valence-electron chi connectivity index (χ1n) is 7.70. The van der Waals surface area contributed by atoms with Crippen LogP contribution in [0.4, 0.5) is 0 Å². The second-order valence-electron chi connectivity index (χ2n) is 5.78. The summed E-state index contributed by atoms with van der Waals surface area (Å²) in [6.07, 6.45) is 0. The maximum atomic E-state index is 12.5. The van der Waals surface area contributed by atoms with Gasteiger partial charge in [0, 0.05) is 10.9 Å². The Labute approximate surface area is 135 Å². The van der Waals surface area contributed by atoms with Gasteiger partial charge in [0.25, 0.3) is 0 Å². The van der Waals surface area contributed by atoms with Crippen molar-refractivity contribution in [2.24, 2.45) is 0 Å². The first kappa shape index (κ1) is 15.2. The number of pyridine rings is 1. The van der Waals surface area contributed by atoms with E-state index in [4.69, 9.17) is 9.72 Å². The summed E-state index contributed by atoms with van der Waals surface area (Å²) in [5.74, 6) is -0.220. The van der Waals surface area contributed by atoms with Crippen LogP contribution < -0.4 is 0 Å². The molecule has 0 saturated heterocycles. The van der Waals surface area contributed by atoms with Crippen molar-refractivity contribution in [1.82, 2.24) is 4.98 Å². The van der Waals surface area contributed by atoms with E-state index in [0.717, 1.165) is 27.7 Å². The van der Waals surface area contributed by atoms with Crippen molar-refractivity contribution in [2.45, 2.75) is 19.8 Å². The minimum atomic E-state index is -0.342. The van der Waals surface area contributed by atoms with Gasteiger partial charge in [0.1, 0.15) is 0 Å². The molecule has 0 fully saturated rings. The number of hydrogen-bond acceptors (Lipinski definition) is 3. The van der Waals surface area contributed by atoms with Crippen molar-refractivity contribution in [3.8, 4) is 11.1 Å². The third-order valence-corrected chi connectivity index (χ3v) is 3.92. The summed E-state index contributed by atoms with van der Waals surface area (Å²) in [6, 6.07) is 17.8. The van der Waals surface area contributed by atoms with E-state index in [0.29, 0.717) is 5.56 Å². The Kier molecular flexibility index (Phi) is 4.11. The lowest BCUT2D eigenvalue weighted by Crippen LogP contribution is -2.12. The average molecular weight is 305 g/mol. The number of rotatable bonds is 3. The van der Waals surface area contributed by atoms with E-state index in [1.165, 1.54) is 7.11 Å². The van der Waals surface area contributed by atoms with Crippen molar-refractivity contribution >= 4 is 16.9 Å². The van der Waals surface area contributed by atoms with Gasteiger partial charge in [-0.05, 0) is 17.5 Å². The molecule has 0 bridgehead atoms. The minimum absolute atomic E-state index is 0.121. The Balaban J connectivity index is 2.48. The number of carbonyl (C=O) groups excluding carboxylic acids is 1. The Bertz CT molecular complexity index is 854. The van der Waals surface area contributed by atoms with E-state index in [9.17, 15) is 4.79 Å². The number of esters is 1. The van der Waals surface area contributed by atoms with Gasteiger partial charge in [0.05, 0.1) is 23.9 Å². The number of methoxy groups -OCH3 is 1. The number of ether oxygens (including phenoxy) is 1. The van der Waals surface area contributed by atoms with Crippen LogP contribution in [-0.4, -0.2) is 18.1 Å². The Hall–Kier alpha value is -2.68. The summed E-state index contributed by atoms with van der Waals surface area (Å²) in [5, 5.41) is 0.962. The fourth-order valence-corrected chi connectivity index (χ4v) is 2.86. The number of benzene rings is 2. The van der Waals surface area contributed by atoms with Gasteiger partial charge in [-0.25, -0.2) is 4.79 Å². The lowest BCUT2D eigenvalue weighted by molar-refractivity contribution is 0.0599. The molecule has 0 saturated carbocycles. The SMILES string of the molecule is COC(=O)c1c(C(C)C)nc2ccccc2c1-c1ccccc1. The molecule has 3 nitrogen and oxygen atoms in total. The monoisotopic (exact) mass is 305 g/mol. The molecule has 0 N–H and O–H groups in total. The van der Waals surface area contributed by atoms with Crippen LogP contribution >= 0.6 is 0 Å². The zero-order valence-corrected chi connectivity index (χ0v) is 13.5. The fraction of sp³-hybridized carbons (Fsp3) is 0.200. The first-order chi connectivity index (χ1) is 11.1. The Morgan fingerprint density at radius 2 is 1.65 bits per heavy atom. The van der Waals surface area contributed by atoms with Crippen LogP contribution in [-0.2, 0) is 4.74 Å². The third-order valence-electron chi connectivity index (χ3n) is 3.92. The molecule has 0 unspecified atom stereocenters. The molecule has 0 spiro atoms. The molecule has 3 rings (SSSR count). The molecule has 0 aliphatic rings. The maximum absolute atomic E-state index is 12.5. The summed E-state index contributed by atoms with van der Waals surface area (Å²) < 4.78 is 5.06. The van der Waals surface area contributed by atoms with Crippen LogP contribution in [0.5, 0.6) is 0 Å². The fourth-order valence-electron chi connectivity index (χ4n) is 2.86. The average Bonchev–Trinajstić information content (AvgIpc) is 2.60. The molecular weight excluding hydrogens is 286 g/mol. The van der Waals surface area contributed by atoms with Crippen LogP contribution in [0.2, 0.25) is 0 Å². The highest BCUT2D eigenvalue weighted by Gasteiger charge is 2.24.